The Kier molecular flexibility index (Phi) is 4.88. The quantitative estimate of drug-likeness (QED) is 0.727. The predicted molar refractivity (Wildman–Crippen MR) is 70.5 cm³/mol. The molecule has 0 heterocycles. The number of hydrogen-bond acceptors (Lipinski definition) is 2. The summed E-state index contributed by atoms with van der Waals surface area (Å²) in [4.78, 5) is 11.8. The van der Waals surface area contributed by atoms with Gasteiger partial charge in [-0.1, -0.05) is 37.6 Å². The maximum absolute atomic E-state index is 11.8. The molecule has 0 aliphatic rings. The molecule has 0 unspecified atom stereocenters. The molecule has 0 saturated heterocycles. The van der Waals surface area contributed by atoms with E-state index in [2.05, 4.69) is 6.92 Å². The average Bonchev–Trinajstić information content (AvgIpc) is 2.26. The van der Waals surface area contributed by atoms with Crippen molar-refractivity contribution >= 4 is 5.78 Å². The van der Waals surface area contributed by atoms with Crippen molar-refractivity contribution in [1.29, 1.82) is 0 Å². The minimum atomic E-state index is -0.266. The zero-order chi connectivity index (χ0) is 12.9. The molecule has 0 N–H and O–H groups in total. The van der Waals surface area contributed by atoms with Crippen molar-refractivity contribution in [3.05, 3.63) is 35.4 Å². The number of rotatable bonds is 5. The van der Waals surface area contributed by atoms with Crippen LogP contribution in [0.4, 0.5) is 0 Å². The van der Waals surface area contributed by atoms with E-state index < -0.39 is 0 Å². The van der Waals surface area contributed by atoms with Crippen molar-refractivity contribution in [2.24, 2.45) is 0 Å². The lowest BCUT2D eigenvalue weighted by molar-refractivity contribution is 0.00306. The van der Waals surface area contributed by atoms with Gasteiger partial charge in [-0.05, 0) is 32.8 Å². The van der Waals surface area contributed by atoms with Gasteiger partial charge in [-0.3, -0.25) is 4.79 Å². The second-order valence-electron chi connectivity index (χ2n) is 5.27. The molecule has 0 radical (unpaired) electrons. The van der Waals surface area contributed by atoms with Crippen LogP contribution in [-0.4, -0.2) is 18.0 Å². The molecule has 0 aliphatic carbocycles. The van der Waals surface area contributed by atoms with E-state index in [4.69, 9.17) is 4.74 Å². The van der Waals surface area contributed by atoms with E-state index in [1.807, 2.05) is 45.0 Å². The maximum Gasteiger partial charge on any atom is 0.188 e. The van der Waals surface area contributed by atoms with Crippen LogP contribution < -0.4 is 0 Å². The number of aryl methyl sites for hydroxylation is 1. The first-order valence-corrected chi connectivity index (χ1v) is 6.18. The lowest BCUT2D eigenvalue weighted by atomic mass is 10.1. The van der Waals surface area contributed by atoms with Crippen LogP contribution in [0.1, 0.15) is 50.0 Å². The fourth-order valence-corrected chi connectivity index (χ4v) is 1.51. The molecule has 0 amide bonds. The summed E-state index contributed by atoms with van der Waals surface area (Å²) in [6.45, 7) is 8.15. The van der Waals surface area contributed by atoms with Gasteiger partial charge in [0.1, 0.15) is 6.61 Å². The van der Waals surface area contributed by atoms with Gasteiger partial charge in [0.25, 0.3) is 0 Å². The summed E-state index contributed by atoms with van der Waals surface area (Å²) >= 11 is 0. The van der Waals surface area contributed by atoms with Crippen molar-refractivity contribution in [3.8, 4) is 0 Å². The zero-order valence-electron chi connectivity index (χ0n) is 11.2. The third kappa shape index (κ3) is 5.14. The maximum atomic E-state index is 11.8. The topological polar surface area (TPSA) is 26.3 Å². The van der Waals surface area contributed by atoms with Gasteiger partial charge in [-0.2, -0.15) is 0 Å². The highest BCUT2D eigenvalue weighted by atomic mass is 16.5. The monoisotopic (exact) mass is 234 g/mol. The minimum Gasteiger partial charge on any atom is -0.368 e. The summed E-state index contributed by atoms with van der Waals surface area (Å²) in [5.41, 5.74) is 1.74. The molecular weight excluding hydrogens is 212 g/mol. The van der Waals surface area contributed by atoms with Gasteiger partial charge in [0.15, 0.2) is 5.78 Å². The molecular formula is C15H22O2. The molecule has 0 bridgehead atoms. The highest BCUT2D eigenvalue weighted by Gasteiger charge is 2.13. The summed E-state index contributed by atoms with van der Waals surface area (Å²) in [6.07, 6.45) is 2.19. The fraction of sp³-hybridized carbons (Fsp3) is 0.533. The Morgan fingerprint density at radius 1 is 1.18 bits per heavy atom. The van der Waals surface area contributed by atoms with E-state index >= 15 is 0 Å². The lowest BCUT2D eigenvalue weighted by Crippen LogP contribution is -2.23. The summed E-state index contributed by atoms with van der Waals surface area (Å²) in [5, 5.41) is 0. The Morgan fingerprint density at radius 2 is 1.76 bits per heavy atom. The molecule has 0 fully saturated rings. The lowest BCUT2D eigenvalue weighted by Gasteiger charge is -2.18. The molecule has 0 aliphatic heterocycles. The molecule has 2 heteroatoms. The Bertz CT molecular complexity index is 358. The van der Waals surface area contributed by atoms with Crippen LogP contribution in [0.5, 0.6) is 0 Å². The number of hydrogen-bond donors (Lipinski definition) is 0. The Labute approximate surface area is 104 Å². The van der Waals surface area contributed by atoms with Gasteiger partial charge >= 0.3 is 0 Å². The average molecular weight is 234 g/mol. The first-order valence-electron chi connectivity index (χ1n) is 6.18. The van der Waals surface area contributed by atoms with Crippen molar-refractivity contribution in [1.82, 2.24) is 0 Å². The normalized spacial score (nSPS) is 11.5. The van der Waals surface area contributed by atoms with Crippen molar-refractivity contribution in [2.75, 3.05) is 6.61 Å². The molecule has 0 atom stereocenters. The van der Waals surface area contributed by atoms with E-state index in [-0.39, 0.29) is 18.0 Å². The van der Waals surface area contributed by atoms with Gasteiger partial charge in [0.05, 0.1) is 5.60 Å². The summed E-state index contributed by atoms with van der Waals surface area (Å²) in [6, 6.07) is 7.82. The van der Waals surface area contributed by atoms with Crippen LogP contribution in [0.2, 0.25) is 0 Å². The van der Waals surface area contributed by atoms with Gasteiger partial charge in [0.2, 0.25) is 0 Å². The van der Waals surface area contributed by atoms with Crippen LogP contribution in [0.15, 0.2) is 24.3 Å². The number of ketones is 1. The first kappa shape index (κ1) is 13.9. The van der Waals surface area contributed by atoms with Crippen LogP contribution in [-0.2, 0) is 11.2 Å². The molecule has 0 spiro atoms. The van der Waals surface area contributed by atoms with Crippen LogP contribution in [0, 0.1) is 0 Å². The molecule has 1 aromatic rings. The second-order valence-corrected chi connectivity index (χ2v) is 5.27. The van der Waals surface area contributed by atoms with Gasteiger partial charge in [0, 0.05) is 5.56 Å². The fourth-order valence-electron chi connectivity index (χ4n) is 1.51. The number of Topliss-reactive ketones (excluding diaryl/α,β-unsaturated/α-hetero) is 1. The van der Waals surface area contributed by atoms with Crippen molar-refractivity contribution in [3.63, 3.8) is 0 Å². The van der Waals surface area contributed by atoms with Crippen molar-refractivity contribution in [2.45, 2.75) is 46.1 Å². The van der Waals surface area contributed by atoms with E-state index in [1.165, 1.54) is 5.56 Å². The van der Waals surface area contributed by atoms with Gasteiger partial charge in [-0.15, -0.1) is 0 Å². The summed E-state index contributed by atoms with van der Waals surface area (Å²) < 4.78 is 5.47. The Hall–Kier alpha value is -1.15. The smallest absolute Gasteiger partial charge is 0.188 e. The van der Waals surface area contributed by atoms with E-state index in [1.54, 1.807) is 0 Å². The van der Waals surface area contributed by atoms with Crippen LogP contribution in [0.3, 0.4) is 0 Å². The molecule has 1 aromatic carbocycles. The highest BCUT2D eigenvalue weighted by molar-refractivity contribution is 5.97. The predicted octanol–water partition coefficient (Wildman–Crippen LogP) is 3.64. The molecule has 1 rings (SSSR count). The van der Waals surface area contributed by atoms with Gasteiger partial charge < -0.3 is 4.74 Å². The number of benzene rings is 1. The molecule has 0 aromatic heterocycles. The molecule has 0 saturated carbocycles. The number of ether oxygens (including phenoxy) is 1. The standard InChI is InChI=1S/C15H22O2/c1-5-6-12-7-9-13(10-8-12)14(16)11-17-15(2,3)4/h7-10H,5-6,11H2,1-4H3. The molecule has 94 valence electrons. The van der Waals surface area contributed by atoms with Crippen molar-refractivity contribution < 1.29 is 9.53 Å². The molecule has 17 heavy (non-hydrogen) atoms. The summed E-state index contributed by atoms with van der Waals surface area (Å²) in [5.74, 6) is 0.0444. The van der Waals surface area contributed by atoms with Crippen LogP contribution >= 0.6 is 0 Å². The first-order chi connectivity index (χ1) is 7.92. The summed E-state index contributed by atoms with van der Waals surface area (Å²) in [7, 11) is 0. The van der Waals surface area contributed by atoms with Gasteiger partial charge in [-0.25, -0.2) is 0 Å². The highest BCUT2D eigenvalue weighted by Crippen LogP contribution is 2.10. The SMILES string of the molecule is CCCc1ccc(C(=O)COC(C)(C)C)cc1. The van der Waals surface area contributed by atoms with E-state index in [0.29, 0.717) is 0 Å². The van der Waals surface area contributed by atoms with Crippen LogP contribution in [0.25, 0.3) is 0 Å². The third-order valence-electron chi connectivity index (χ3n) is 2.45. The van der Waals surface area contributed by atoms with E-state index in [9.17, 15) is 4.79 Å². The minimum absolute atomic E-state index is 0.0444. The van der Waals surface area contributed by atoms with E-state index in [0.717, 1.165) is 18.4 Å². The number of carbonyl (C=O) groups excluding carboxylic acids is 1. The second kappa shape index (κ2) is 5.97. The number of carbonyl (C=O) groups is 1. The Balaban J connectivity index is 2.57. The Morgan fingerprint density at radius 3 is 2.24 bits per heavy atom. The molecule has 2 nitrogen and oxygen atoms in total. The third-order valence-corrected chi connectivity index (χ3v) is 2.45. The zero-order valence-corrected chi connectivity index (χ0v) is 11.2. The largest absolute Gasteiger partial charge is 0.368 e.